The number of halogens is 1. The summed E-state index contributed by atoms with van der Waals surface area (Å²) in [7, 11) is 0. The molecular formula is C27H21ClN6OS. The monoisotopic (exact) mass is 512 g/mol. The Hall–Kier alpha value is -4.01. The van der Waals surface area contributed by atoms with E-state index in [1.54, 1.807) is 18.2 Å². The lowest BCUT2D eigenvalue weighted by atomic mass is 10.0. The number of carbonyl (C=O) groups is 1. The molecule has 2 aromatic carbocycles. The van der Waals surface area contributed by atoms with Gasteiger partial charge in [-0.25, -0.2) is 9.97 Å². The van der Waals surface area contributed by atoms with Gasteiger partial charge in [-0.2, -0.15) is 0 Å². The third-order valence-corrected chi connectivity index (χ3v) is 6.57. The Morgan fingerprint density at radius 1 is 1.06 bits per heavy atom. The molecule has 1 N–H and O–H groups in total. The van der Waals surface area contributed by atoms with E-state index in [2.05, 4.69) is 27.1 Å². The largest absolute Gasteiger partial charge is 0.310 e. The number of thioether (sulfide) groups is 1. The van der Waals surface area contributed by atoms with Crippen LogP contribution >= 0.6 is 23.4 Å². The third-order valence-electron chi connectivity index (χ3n) is 5.38. The maximum absolute atomic E-state index is 12.5. The van der Waals surface area contributed by atoms with Crippen molar-refractivity contribution in [2.75, 3.05) is 11.1 Å². The summed E-state index contributed by atoms with van der Waals surface area (Å²) in [4.78, 5) is 21.5. The Bertz CT molecular complexity index is 1540. The first-order chi connectivity index (χ1) is 17.6. The van der Waals surface area contributed by atoms with Crippen LogP contribution in [0.1, 0.15) is 0 Å². The predicted octanol–water partition coefficient (Wildman–Crippen LogP) is 6.13. The number of carbonyl (C=O) groups excluding carboxylic acids is 1. The Balaban J connectivity index is 1.47. The highest BCUT2D eigenvalue weighted by atomic mass is 35.5. The lowest BCUT2D eigenvalue weighted by Crippen LogP contribution is -2.15. The number of rotatable bonds is 8. The van der Waals surface area contributed by atoms with Crippen LogP contribution in [0.25, 0.3) is 33.5 Å². The number of fused-ring (bicyclic) bond motifs is 1. The number of nitrogens with zero attached hydrogens (tertiary/aromatic N) is 5. The van der Waals surface area contributed by atoms with Gasteiger partial charge >= 0.3 is 0 Å². The molecule has 7 nitrogen and oxygen atoms in total. The predicted molar refractivity (Wildman–Crippen MR) is 145 cm³/mol. The fourth-order valence-corrected chi connectivity index (χ4v) is 4.62. The maximum atomic E-state index is 12.5. The molecule has 0 bridgehead atoms. The number of pyridine rings is 2. The van der Waals surface area contributed by atoms with Gasteiger partial charge in [0, 0.05) is 29.3 Å². The van der Waals surface area contributed by atoms with Crippen molar-refractivity contribution in [3.8, 4) is 22.6 Å². The summed E-state index contributed by atoms with van der Waals surface area (Å²) < 4.78 is 1.96. The van der Waals surface area contributed by atoms with E-state index < -0.39 is 0 Å². The second-order valence-electron chi connectivity index (χ2n) is 7.84. The second-order valence-corrected chi connectivity index (χ2v) is 9.22. The molecule has 36 heavy (non-hydrogen) atoms. The zero-order valence-corrected chi connectivity index (χ0v) is 20.7. The van der Waals surface area contributed by atoms with Crippen LogP contribution < -0.4 is 5.32 Å². The number of aromatic nitrogens is 5. The molecule has 0 aliphatic rings. The summed E-state index contributed by atoms with van der Waals surface area (Å²) in [6.45, 7) is 4.39. The summed E-state index contributed by atoms with van der Waals surface area (Å²) in [5.41, 5.74) is 3.64. The molecule has 0 aliphatic heterocycles. The fourth-order valence-electron chi connectivity index (χ4n) is 3.76. The lowest BCUT2D eigenvalue weighted by Gasteiger charge is -2.12. The van der Waals surface area contributed by atoms with Crippen molar-refractivity contribution in [2.24, 2.45) is 0 Å². The second kappa shape index (κ2) is 10.7. The molecular weight excluding hydrogens is 492 g/mol. The molecule has 5 rings (SSSR count). The first-order valence-electron chi connectivity index (χ1n) is 11.2. The van der Waals surface area contributed by atoms with Crippen molar-refractivity contribution in [3.05, 3.63) is 96.7 Å². The van der Waals surface area contributed by atoms with Crippen LogP contribution in [0.2, 0.25) is 5.02 Å². The molecule has 0 spiro atoms. The Kier molecular flexibility index (Phi) is 7.06. The molecule has 178 valence electrons. The van der Waals surface area contributed by atoms with Crippen LogP contribution in [0, 0.1) is 0 Å². The summed E-state index contributed by atoms with van der Waals surface area (Å²) >= 11 is 7.16. The lowest BCUT2D eigenvalue weighted by molar-refractivity contribution is -0.113. The van der Waals surface area contributed by atoms with E-state index in [4.69, 9.17) is 16.6 Å². The highest BCUT2D eigenvalue weighted by molar-refractivity contribution is 7.99. The number of hydrogen-bond acceptors (Lipinski definition) is 6. The number of hydrogen-bond donors (Lipinski definition) is 1. The summed E-state index contributed by atoms with van der Waals surface area (Å²) in [6.07, 6.45) is 3.27. The van der Waals surface area contributed by atoms with Gasteiger partial charge in [0.1, 0.15) is 5.82 Å². The van der Waals surface area contributed by atoms with Gasteiger partial charge in [-0.15, -0.1) is 16.8 Å². The zero-order chi connectivity index (χ0) is 24.9. The van der Waals surface area contributed by atoms with Gasteiger partial charge in [-0.1, -0.05) is 78.0 Å². The molecule has 0 atom stereocenters. The molecule has 0 saturated carbocycles. The van der Waals surface area contributed by atoms with Crippen molar-refractivity contribution >= 4 is 46.0 Å². The van der Waals surface area contributed by atoms with Gasteiger partial charge in [0.2, 0.25) is 5.91 Å². The van der Waals surface area contributed by atoms with E-state index in [0.29, 0.717) is 28.4 Å². The first-order valence-corrected chi connectivity index (χ1v) is 12.5. The minimum Gasteiger partial charge on any atom is -0.310 e. The van der Waals surface area contributed by atoms with Gasteiger partial charge in [-0.05, 0) is 24.3 Å². The van der Waals surface area contributed by atoms with Crippen molar-refractivity contribution in [1.29, 1.82) is 0 Å². The number of anilines is 1. The maximum Gasteiger partial charge on any atom is 0.236 e. The quantitative estimate of drug-likeness (QED) is 0.199. The topological polar surface area (TPSA) is 85.6 Å². The Morgan fingerprint density at radius 3 is 2.64 bits per heavy atom. The average molecular weight is 513 g/mol. The molecule has 5 aromatic rings. The SMILES string of the molecule is C=CCn1c(SCC(=O)Nc2ccc(Cl)cn2)nnc1-c1cc(-c2ccccc2)nc2ccccc12. The first kappa shape index (κ1) is 23.7. The van der Waals surface area contributed by atoms with Crippen LogP contribution in [0.5, 0.6) is 0 Å². The molecule has 1 amide bonds. The molecule has 9 heteroatoms. The highest BCUT2D eigenvalue weighted by Crippen LogP contribution is 2.33. The molecule has 0 aliphatic carbocycles. The average Bonchev–Trinajstić information content (AvgIpc) is 3.31. The molecule has 0 saturated heterocycles. The highest BCUT2D eigenvalue weighted by Gasteiger charge is 2.19. The van der Waals surface area contributed by atoms with Crippen molar-refractivity contribution in [1.82, 2.24) is 24.7 Å². The van der Waals surface area contributed by atoms with Crippen LogP contribution in [0.4, 0.5) is 5.82 Å². The van der Waals surface area contributed by atoms with Gasteiger partial charge in [0.05, 0.1) is 22.0 Å². The van der Waals surface area contributed by atoms with E-state index in [0.717, 1.165) is 27.7 Å². The molecule has 0 unspecified atom stereocenters. The van der Waals surface area contributed by atoms with Crippen LogP contribution in [0.3, 0.4) is 0 Å². The Labute approximate surface area is 217 Å². The van der Waals surface area contributed by atoms with E-state index in [-0.39, 0.29) is 11.7 Å². The van der Waals surface area contributed by atoms with Crippen LogP contribution in [0.15, 0.2) is 96.8 Å². The molecule has 0 fully saturated rings. The third kappa shape index (κ3) is 5.15. The van der Waals surface area contributed by atoms with E-state index in [1.165, 1.54) is 18.0 Å². The van der Waals surface area contributed by atoms with Crippen LogP contribution in [-0.2, 0) is 11.3 Å². The van der Waals surface area contributed by atoms with Crippen molar-refractivity contribution in [3.63, 3.8) is 0 Å². The Morgan fingerprint density at radius 2 is 1.86 bits per heavy atom. The fraction of sp³-hybridized carbons (Fsp3) is 0.0741. The van der Waals surface area contributed by atoms with E-state index >= 15 is 0 Å². The summed E-state index contributed by atoms with van der Waals surface area (Å²) in [5, 5.41) is 13.8. The number of allylic oxidation sites excluding steroid dienone is 1. The van der Waals surface area contributed by atoms with Gasteiger partial charge in [-0.3, -0.25) is 9.36 Å². The normalized spacial score (nSPS) is 10.9. The zero-order valence-electron chi connectivity index (χ0n) is 19.1. The van der Waals surface area contributed by atoms with Gasteiger partial charge < -0.3 is 5.32 Å². The van der Waals surface area contributed by atoms with Crippen molar-refractivity contribution < 1.29 is 4.79 Å². The van der Waals surface area contributed by atoms with E-state index in [9.17, 15) is 4.79 Å². The molecule has 3 heterocycles. The number of benzene rings is 2. The molecule has 3 aromatic heterocycles. The van der Waals surface area contributed by atoms with E-state index in [1.807, 2.05) is 65.2 Å². The summed E-state index contributed by atoms with van der Waals surface area (Å²) in [6, 6.07) is 23.4. The minimum atomic E-state index is -0.203. The standard InChI is InChI=1S/C27H21ClN6OS/c1-2-14-34-26(32-33-27(34)36-17-25(35)31-24-13-12-19(28)16-29-24)21-15-23(18-8-4-3-5-9-18)30-22-11-7-6-10-20(21)22/h2-13,15-16H,1,14,17H2,(H,29,31,35). The number of nitrogens with one attached hydrogen (secondary N) is 1. The van der Waals surface area contributed by atoms with Crippen LogP contribution in [-0.4, -0.2) is 36.4 Å². The smallest absolute Gasteiger partial charge is 0.236 e. The van der Waals surface area contributed by atoms with Gasteiger partial charge in [0.25, 0.3) is 0 Å². The van der Waals surface area contributed by atoms with Gasteiger partial charge in [0.15, 0.2) is 11.0 Å². The molecule has 0 radical (unpaired) electrons. The number of amides is 1. The minimum absolute atomic E-state index is 0.145. The number of para-hydroxylation sites is 1. The van der Waals surface area contributed by atoms with Crippen molar-refractivity contribution in [2.45, 2.75) is 11.7 Å². The summed E-state index contributed by atoms with van der Waals surface area (Å²) in [5.74, 6) is 1.07.